The zero-order valence-electron chi connectivity index (χ0n) is 15.7. The number of sulfonamides is 1. The summed E-state index contributed by atoms with van der Waals surface area (Å²) >= 11 is 1.26. The molecule has 3 rings (SSSR count). The van der Waals surface area contributed by atoms with Crippen LogP contribution in [0.25, 0.3) is 0 Å². The highest BCUT2D eigenvalue weighted by atomic mass is 32.2. The number of rotatable bonds is 5. The third kappa shape index (κ3) is 4.34. The summed E-state index contributed by atoms with van der Waals surface area (Å²) in [5.41, 5.74) is 1.61. The number of aryl methyl sites for hydroxylation is 2. The maximum atomic E-state index is 12.8. The SMILES string of the molecule is COc1ccc(NC(=O)C2CCCN(S(=O)(=O)c3ccc(C)s3)C2)cc1C. The topological polar surface area (TPSA) is 75.7 Å². The van der Waals surface area contributed by atoms with Crippen molar-refractivity contribution in [1.29, 1.82) is 0 Å². The number of anilines is 1. The molecular weight excluding hydrogens is 384 g/mol. The van der Waals surface area contributed by atoms with Crippen molar-refractivity contribution in [2.45, 2.75) is 30.9 Å². The van der Waals surface area contributed by atoms with Crippen molar-refractivity contribution in [3.05, 3.63) is 40.8 Å². The van der Waals surface area contributed by atoms with Crippen molar-refractivity contribution in [1.82, 2.24) is 4.31 Å². The van der Waals surface area contributed by atoms with E-state index in [2.05, 4.69) is 5.32 Å². The molecule has 2 aromatic rings. The fourth-order valence-corrected chi connectivity index (χ4v) is 6.21. The van der Waals surface area contributed by atoms with Gasteiger partial charge < -0.3 is 10.1 Å². The van der Waals surface area contributed by atoms with E-state index in [1.165, 1.54) is 15.6 Å². The summed E-state index contributed by atoms with van der Waals surface area (Å²) in [6, 6.07) is 8.89. The molecule has 1 fully saturated rings. The van der Waals surface area contributed by atoms with Crippen molar-refractivity contribution in [3.8, 4) is 5.75 Å². The molecular formula is C19H24N2O4S2. The Morgan fingerprint density at radius 1 is 1.26 bits per heavy atom. The van der Waals surface area contributed by atoms with Crippen molar-refractivity contribution < 1.29 is 17.9 Å². The molecule has 27 heavy (non-hydrogen) atoms. The smallest absolute Gasteiger partial charge is 0.252 e. The van der Waals surface area contributed by atoms with Gasteiger partial charge in [0.1, 0.15) is 9.96 Å². The Balaban J connectivity index is 1.70. The monoisotopic (exact) mass is 408 g/mol. The number of nitrogens with zero attached hydrogens (tertiary/aromatic N) is 1. The Morgan fingerprint density at radius 2 is 2.04 bits per heavy atom. The summed E-state index contributed by atoms with van der Waals surface area (Å²) in [5, 5.41) is 2.91. The van der Waals surface area contributed by atoms with Gasteiger partial charge in [0.25, 0.3) is 10.0 Å². The van der Waals surface area contributed by atoms with Crippen LogP contribution in [0.4, 0.5) is 5.69 Å². The van der Waals surface area contributed by atoms with Crippen LogP contribution < -0.4 is 10.1 Å². The predicted molar refractivity (Wildman–Crippen MR) is 107 cm³/mol. The third-order valence-corrected chi connectivity index (χ3v) is 8.06. The van der Waals surface area contributed by atoms with Crippen LogP contribution in [0.2, 0.25) is 0 Å². The molecule has 1 saturated heterocycles. The second kappa shape index (κ2) is 8.00. The molecule has 0 spiro atoms. The molecule has 0 saturated carbocycles. The fraction of sp³-hybridized carbons (Fsp3) is 0.421. The molecule has 0 radical (unpaired) electrons. The van der Waals surface area contributed by atoms with Gasteiger partial charge in [0.05, 0.1) is 13.0 Å². The number of carbonyl (C=O) groups excluding carboxylic acids is 1. The van der Waals surface area contributed by atoms with E-state index in [9.17, 15) is 13.2 Å². The van der Waals surface area contributed by atoms with Crippen LogP contribution in [0.1, 0.15) is 23.3 Å². The number of benzene rings is 1. The van der Waals surface area contributed by atoms with Crippen LogP contribution in [-0.4, -0.2) is 38.8 Å². The number of piperidine rings is 1. The van der Waals surface area contributed by atoms with Gasteiger partial charge in [0.2, 0.25) is 5.91 Å². The second-order valence-corrected chi connectivity index (χ2v) is 10.2. The van der Waals surface area contributed by atoms with E-state index < -0.39 is 10.0 Å². The Morgan fingerprint density at radius 3 is 2.67 bits per heavy atom. The van der Waals surface area contributed by atoms with E-state index in [1.54, 1.807) is 25.3 Å². The summed E-state index contributed by atoms with van der Waals surface area (Å²) in [6.07, 6.45) is 1.35. The quantitative estimate of drug-likeness (QED) is 0.823. The third-order valence-electron chi connectivity index (χ3n) is 4.73. The lowest BCUT2D eigenvalue weighted by Crippen LogP contribution is -2.43. The van der Waals surface area contributed by atoms with Gasteiger partial charge in [-0.3, -0.25) is 4.79 Å². The highest BCUT2D eigenvalue weighted by Gasteiger charge is 2.34. The first kappa shape index (κ1) is 19.9. The summed E-state index contributed by atoms with van der Waals surface area (Å²) in [4.78, 5) is 13.6. The number of carbonyl (C=O) groups is 1. The molecule has 1 aromatic carbocycles. The van der Waals surface area contributed by atoms with Gasteiger partial charge in [0.15, 0.2) is 0 Å². The minimum atomic E-state index is -3.54. The van der Waals surface area contributed by atoms with Gasteiger partial charge in [-0.25, -0.2) is 8.42 Å². The lowest BCUT2D eigenvalue weighted by Gasteiger charge is -2.30. The number of ether oxygens (including phenoxy) is 1. The molecule has 1 aliphatic rings. The van der Waals surface area contributed by atoms with E-state index in [4.69, 9.17) is 4.74 Å². The largest absolute Gasteiger partial charge is 0.496 e. The lowest BCUT2D eigenvalue weighted by atomic mass is 9.98. The van der Waals surface area contributed by atoms with E-state index in [0.29, 0.717) is 29.3 Å². The molecule has 1 aromatic heterocycles. The van der Waals surface area contributed by atoms with Gasteiger partial charge in [-0.1, -0.05) is 0 Å². The van der Waals surface area contributed by atoms with E-state index >= 15 is 0 Å². The predicted octanol–water partition coefficient (Wildman–Crippen LogP) is 3.41. The molecule has 8 heteroatoms. The summed E-state index contributed by atoms with van der Waals surface area (Å²) in [6.45, 7) is 4.45. The van der Waals surface area contributed by atoms with Gasteiger partial charge >= 0.3 is 0 Å². The molecule has 1 unspecified atom stereocenters. The van der Waals surface area contributed by atoms with Crippen LogP contribution in [0.15, 0.2) is 34.5 Å². The van der Waals surface area contributed by atoms with Gasteiger partial charge in [-0.15, -0.1) is 11.3 Å². The average Bonchev–Trinajstić information content (AvgIpc) is 3.09. The highest BCUT2D eigenvalue weighted by Crippen LogP contribution is 2.29. The molecule has 1 aliphatic heterocycles. The Hall–Kier alpha value is -1.90. The second-order valence-electron chi connectivity index (χ2n) is 6.74. The lowest BCUT2D eigenvalue weighted by molar-refractivity contribution is -0.120. The Labute approximate surface area is 164 Å². The number of hydrogen-bond acceptors (Lipinski definition) is 5. The molecule has 0 aliphatic carbocycles. The number of hydrogen-bond donors (Lipinski definition) is 1. The first-order valence-electron chi connectivity index (χ1n) is 8.83. The molecule has 1 amide bonds. The Kier molecular flexibility index (Phi) is 5.88. The van der Waals surface area contributed by atoms with Gasteiger partial charge in [0, 0.05) is 23.7 Å². The summed E-state index contributed by atoms with van der Waals surface area (Å²) in [7, 11) is -1.94. The summed E-state index contributed by atoms with van der Waals surface area (Å²) in [5.74, 6) is 0.244. The maximum absolute atomic E-state index is 12.8. The first-order chi connectivity index (χ1) is 12.8. The van der Waals surface area contributed by atoms with Crippen LogP contribution in [-0.2, 0) is 14.8 Å². The van der Waals surface area contributed by atoms with Gasteiger partial charge in [-0.2, -0.15) is 4.31 Å². The van der Waals surface area contributed by atoms with Crippen LogP contribution in [0, 0.1) is 19.8 Å². The van der Waals surface area contributed by atoms with Crippen molar-refractivity contribution in [2.75, 3.05) is 25.5 Å². The fourth-order valence-electron chi connectivity index (χ4n) is 3.25. The highest BCUT2D eigenvalue weighted by molar-refractivity contribution is 7.91. The molecule has 0 bridgehead atoms. The standard InChI is InChI=1S/C19H24N2O4S2/c1-13-11-16(7-8-17(13)25-3)20-19(22)15-5-4-10-21(12-15)27(23,24)18-9-6-14(2)26-18/h6-9,11,15H,4-5,10,12H2,1-3H3,(H,20,22). The van der Waals surface area contributed by atoms with Gasteiger partial charge in [-0.05, 0) is 62.6 Å². The zero-order valence-corrected chi connectivity index (χ0v) is 17.3. The molecule has 146 valence electrons. The molecule has 6 nitrogen and oxygen atoms in total. The first-order valence-corrected chi connectivity index (χ1v) is 11.1. The molecule has 2 heterocycles. The minimum absolute atomic E-state index is 0.151. The molecule has 1 atom stereocenters. The minimum Gasteiger partial charge on any atom is -0.496 e. The number of nitrogens with one attached hydrogen (secondary N) is 1. The number of methoxy groups -OCH3 is 1. The Bertz CT molecular complexity index is 937. The van der Waals surface area contributed by atoms with Crippen LogP contribution in [0.3, 0.4) is 0 Å². The summed E-state index contributed by atoms with van der Waals surface area (Å²) < 4.78 is 32.7. The maximum Gasteiger partial charge on any atom is 0.252 e. The van der Waals surface area contributed by atoms with Crippen molar-refractivity contribution in [3.63, 3.8) is 0 Å². The number of thiophene rings is 1. The van der Waals surface area contributed by atoms with E-state index in [1.807, 2.05) is 26.0 Å². The number of amides is 1. The van der Waals surface area contributed by atoms with E-state index in [-0.39, 0.29) is 18.4 Å². The van der Waals surface area contributed by atoms with Crippen LogP contribution in [0.5, 0.6) is 5.75 Å². The van der Waals surface area contributed by atoms with Crippen LogP contribution >= 0.6 is 11.3 Å². The normalized spacial score (nSPS) is 18.3. The molecule has 1 N–H and O–H groups in total. The van der Waals surface area contributed by atoms with E-state index in [0.717, 1.165) is 16.2 Å². The average molecular weight is 409 g/mol. The van der Waals surface area contributed by atoms with Crippen molar-refractivity contribution in [2.24, 2.45) is 5.92 Å². The zero-order chi connectivity index (χ0) is 19.6. The van der Waals surface area contributed by atoms with Crippen molar-refractivity contribution >= 4 is 33.0 Å².